The molecule has 0 saturated carbocycles. The van der Waals surface area contributed by atoms with Gasteiger partial charge in [0.25, 0.3) is 10.1 Å². The van der Waals surface area contributed by atoms with E-state index in [2.05, 4.69) is 5.32 Å². The molecule has 1 aliphatic carbocycles. The number of rotatable bonds is 3. The third-order valence-electron chi connectivity index (χ3n) is 4.38. The fourth-order valence-corrected chi connectivity index (χ4v) is 3.70. The van der Waals surface area contributed by atoms with Crippen LogP contribution in [-0.2, 0) is 10.1 Å². The van der Waals surface area contributed by atoms with Crippen LogP contribution in [0.15, 0.2) is 42.5 Å². The lowest BCUT2D eigenvalue weighted by Gasteiger charge is -2.40. The van der Waals surface area contributed by atoms with Crippen LogP contribution in [0.5, 0.6) is 0 Å². The van der Waals surface area contributed by atoms with Crippen molar-refractivity contribution in [1.82, 2.24) is 10.2 Å². The van der Waals surface area contributed by atoms with Gasteiger partial charge in [0, 0.05) is 18.7 Å². The Morgan fingerprint density at radius 1 is 1.38 bits per heavy atom. The van der Waals surface area contributed by atoms with Crippen LogP contribution in [0.2, 0.25) is 0 Å². The minimum absolute atomic E-state index is 0.313. The van der Waals surface area contributed by atoms with Crippen LogP contribution in [0.4, 0.5) is 4.79 Å². The topological polar surface area (TPSA) is 113 Å². The molecule has 2 atom stereocenters. The summed E-state index contributed by atoms with van der Waals surface area (Å²) in [5.41, 5.74) is 7.36. The van der Waals surface area contributed by atoms with Gasteiger partial charge in [0.1, 0.15) is 10.9 Å². The summed E-state index contributed by atoms with van der Waals surface area (Å²) < 4.78 is 32.5. The summed E-state index contributed by atoms with van der Waals surface area (Å²) in [6.07, 6.45) is 4.18. The number of aryl methyl sites for hydroxylation is 1. The highest BCUT2D eigenvalue weighted by Crippen LogP contribution is 2.36. The lowest BCUT2D eigenvalue weighted by atomic mass is 9.85. The Labute approximate surface area is 140 Å². The first-order chi connectivity index (χ1) is 11.2. The SMILES string of the molecule is Cc1ccccc1C1=CC(S(=O)(=O)O)C=CC1(N)N1CCNC1=O. The van der Waals surface area contributed by atoms with Crippen molar-refractivity contribution < 1.29 is 17.8 Å². The summed E-state index contributed by atoms with van der Waals surface area (Å²) in [6, 6.07) is 7.05. The molecule has 1 aromatic carbocycles. The molecule has 1 heterocycles. The van der Waals surface area contributed by atoms with E-state index < -0.39 is 21.0 Å². The van der Waals surface area contributed by atoms with Crippen LogP contribution < -0.4 is 11.1 Å². The Morgan fingerprint density at radius 2 is 2.08 bits per heavy atom. The maximum absolute atomic E-state index is 12.1. The van der Waals surface area contributed by atoms with Crippen molar-refractivity contribution in [2.45, 2.75) is 17.8 Å². The van der Waals surface area contributed by atoms with Gasteiger partial charge in [0.05, 0.1) is 0 Å². The van der Waals surface area contributed by atoms with E-state index in [4.69, 9.17) is 5.73 Å². The molecule has 2 amide bonds. The summed E-state index contributed by atoms with van der Waals surface area (Å²) in [5.74, 6) is 0. The number of nitrogens with zero attached hydrogens (tertiary/aromatic N) is 1. The molecule has 1 saturated heterocycles. The molecule has 2 unspecified atom stereocenters. The standard InChI is InChI=1S/C16H19N3O4S/c1-11-4-2-3-5-13(11)14-10-12(24(21,22)23)6-7-16(14,17)19-9-8-18-15(19)20/h2-7,10,12H,8-9,17H2,1H3,(H,18,20)(H,21,22,23). The van der Waals surface area contributed by atoms with E-state index in [0.717, 1.165) is 11.1 Å². The number of benzene rings is 1. The molecule has 0 bridgehead atoms. The Balaban J connectivity index is 2.17. The number of amides is 2. The fourth-order valence-electron chi connectivity index (χ4n) is 3.11. The van der Waals surface area contributed by atoms with Gasteiger partial charge in [-0.05, 0) is 24.1 Å². The molecule has 128 valence electrons. The molecule has 0 aromatic heterocycles. The first-order valence-corrected chi connectivity index (χ1v) is 9.02. The number of nitrogens with two attached hydrogens (primary N) is 1. The summed E-state index contributed by atoms with van der Waals surface area (Å²) in [7, 11) is -4.30. The maximum atomic E-state index is 12.1. The van der Waals surface area contributed by atoms with Crippen LogP contribution in [-0.4, -0.2) is 47.9 Å². The van der Waals surface area contributed by atoms with Gasteiger partial charge in [-0.2, -0.15) is 8.42 Å². The van der Waals surface area contributed by atoms with Crippen LogP contribution in [0.1, 0.15) is 11.1 Å². The van der Waals surface area contributed by atoms with Gasteiger partial charge >= 0.3 is 6.03 Å². The summed E-state index contributed by atoms with van der Waals surface area (Å²) >= 11 is 0. The van der Waals surface area contributed by atoms with Gasteiger partial charge in [-0.15, -0.1) is 0 Å². The van der Waals surface area contributed by atoms with Gasteiger partial charge in [-0.1, -0.05) is 36.4 Å². The van der Waals surface area contributed by atoms with Gasteiger partial charge in [0.2, 0.25) is 0 Å². The molecule has 2 aliphatic rings. The maximum Gasteiger partial charge on any atom is 0.319 e. The third kappa shape index (κ3) is 2.72. The number of nitrogens with one attached hydrogen (secondary N) is 1. The zero-order valence-corrected chi connectivity index (χ0v) is 14.0. The zero-order valence-electron chi connectivity index (χ0n) is 13.1. The summed E-state index contributed by atoms with van der Waals surface area (Å²) in [4.78, 5) is 13.6. The minimum Gasteiger partial charge on any atom is -0.336 e. The fraction of sp³-hybridized carbons (Fsp3) is 0.312. The van der Waals surface area contributed by atoms with Crippen molar-refractivity contribution in [2.24, 2.45) is 5.73 Å². The number of carbonyl (C=O) groups excluding carboxylic acids is 1. The van der Waals surface area contributed by atoms with Crippen molar-refractivity contribution in [3.63, 3.8) is 0 Å². The average Bonchev–Trinajstić information content (AvgIpc) is 2.94. The van der Waals surface area contributed by atoms with Crippen LogP contribution >= 0.6 is 0 Å². The second-order valence-electron chi connectivity index (χ2n) is 5.94. The second kappa shape index (κ2) is 5.73. The monoisotopic (exact) mass is 349 g/mol. The molecule has 1 aliphatic heterocycles. The van der Waals surface area contributed by atoms with Gasteiger partial charge in [-0.25, -0.2) is 4.79 Å². The van der Waals surface area contributed by atoms with Crippen molar-refractivity contribution in [2.75, 3.05) is 13.1 Å². The Hall–Kier alpha value is -2.16. The minimum atomic E-state index is -4.30. The highest BCUT2D eigenvalue weighted by molar-refractivity contribution is 7.86. The molecular weight excluding hydrogens is 330 g/mol. The largest absolute Gasteiger partial charge is 0.336 e. The van der Waals surface area contributed by atoms with Crippen LogP contribution in [0, 0.1) is 6.92 Å². The van der Waals surface area contributed by atoms with Crippen LogP contribution in [0.25, 0.3) is 5.57 Å². The zero-order chi connectivity index (χ0) is 17.5. The van der Waals surface area contributed by atoms with Crippen molar-refractivity contribution >= 4 is 21.7 Å². The Bertz CT molecular complexity index is 847. The van der Waals surface area contributed by atoms with Crippen molar-refractivity contribution in [3.8, 4) is 0 Å². The molecular formula is C16H19N3O4S. The smallest absolute Gasteiger partial charge is 0.319 e. The molecule has 3 rings (SSSR count). The average molecular weight is 349 g/mol. The van der Waals surface area contributed by atoms with Crippen molar-refractivity contribution in [1.29, 1.82) is 0 Å². The van der Waals surface area contributed by atoms with Gasteiger partial charge in [-0.3, -0.25) is 9.45 Å². The highest BCUT2D eigenvalue weighted by atomic mass is 32.2. The van der Waals surface area contributed by atoms with E-state index in [-0.39, 0.29) is 6.03 Å². The molecule has 1 aromatic rings. The van der Waals surface area contributed by atoms with E-state index in [1.54, 1.807) is 0 Å². The number of hydrogen-bond acceptors (Lipinski definition) is 4. The number of urea groups is 1. The quantitative estimate of drug-likeness (QED) is 0.554. The highest BCUT2D eigenvalue weighted by Gasteiger charge is 2.43. The molecule has 0 spiro atoms. The first-order valence-electron chi connectivity index (χ1n) is 7.52. The predicted octanol–water partition coefficient (Wildman–Crippen LogP) is 0.885. The lowest BCUT2D eigenvalue weighted by molar-refractivity contribution is 0.193. The van der Waals surface area contributed by atoms with E-state index in [1.165, 1.54) is 23.1 Å². The van der Waals surface area contributed by atoms with E-state index in [9.17, 15) is 17.8 Å². The summed E-state index contributed by atoms with van der Waals surface area (Å²) in [5, 5.41) is 1.50. The van der Waals surface area contributed by atoms with Crippen molar-refractivity contribution in [3.05, 3.63) is 53.6 Å². The molecule has 4 N–H and O–H groups in total. The summed E-state index contributed by atoms with van der Waals surface area (Å²) in [6.45, 7) is 2.75. The third-order valence-corrected chi connectivity index (χ3v) is 5.37. The van der Waals surface area contributed by atoms with E-state index >= 15 is 0 Å². The van der Waals surface area contributed by atoms with E-state index in [1.807, 2.05) is 31.2 Å². The molecule has 1 fully saturated rings. The lowest BCUT2D eigenvalue weighted by Crippen LogP contribution is -2.57. The Morgan fingerprint density at radius 3 is 2.67 bits per heavy atom. The Kier molecular flexibility index (Phi) is 3.98. The first kappa shape index (κ1) is 16.7. The van der Waals surface area contributed by atoms with Gasteiger partial charge in [0.15, 0.2) is 0 Å². The molecule has 8 heteroatoms. The number of carbonyl (C=O) groups is 1. The normalized spacial score (nSPS) is 27.1. The predicted molar refractivity (Wildman–Crippen MR) is 90.7 cm³/mol. The molecule has 7 nitrogen and oxygen atoms in total. The van der Waals surface area contributed by atoms with Gasteiger partial charge < -0.3 is 11.1 Å². The van der Waals surface area contributed by atoms with Crippen LogP contribution in [0.3, 0.4) is 0 Å². The second-order valence-corrected chi connectivity index (χ2v) is 7.52. The molecule has 0 radical (unpaired) electrons. The van der Waals surface area contributed by atoms with E-state index in [0.29, 0.717) is 18.7 Å². The molecule has 24 heavy (non-hydrogen) atoms. The number of hydrogen-bond donors (Lipinski definition) is 3.